The van der Waals surface area contributed by atoms with E-state index in [1.165, 1.54) is 18.5 Å². The van der Waals surface area contributed by atoms with Gasteiger partial charge in [-0.1, -0.05) is 15.9 Å². The first-order valence-corrected chi connectivity index (χ1v) is 6.26. The molecule has 0 spiro atoms. The molecule has 1 aliphatic carbocycles. The largest absolute Gasteiger partial charge is 0.505 e. The Labute approximate surface area is 102 Å². The summed E-state index contributed by atoms with van der Waals surface area (Å²) in [5.41, 5.74) is 0.513. The number of alkyl halides is 1. The lowest BCUT2D eigenvalue weighted by Gasteiger charge is -2.12. The van der Waals surface area contributed by atoms with Crippen LogP contribution >= 0.6 is 15.9 Å². The molecule has 4 nitrogen and oxygen atoms in total. The van der Waals surface area contributed by atoms with Gasteiger partial charge in [0.2, 0.25) is 0 Å². The van der Waals surface area contributed by atoms with Gasteiger partial charge in [0.1, 0.15) is 5.75 Å². The van der Waals surface area contributed by atoms with Crippen molar-refractivity contribution in [1.29, 1.82) is 0 Å². The Morgan fingerprint density at radius 3 is 2.94 bits per heavy atom. The van der Waals surface area contributed by atoms with Crippen LogP contribution in [0.2, 0.25) is 0 Å². The first-order valence-electron chi connectivity index (χ1n) is 5.14. The van der Waals surface area contributed by atoms with E-state index >= 15 is 0 Å². The van der Waals surface area contributed by atoms with Crippen LogP contribution in [0.1, 0.15) is 23.2 Å². The Balaban J connectivity index is 1.96. The van der Waals surface area contributed by atoms with Crippen molar-refractivity contribution in [2.75, 3.05) is 11.9 Å². The zero-order chi connectivity index (χ0) is 11.6. The highest BCUT2D eigenvalue weighted by Crippen LogP contribution is 2.46. The van der Waals surface area contributed by atoms with Gasteiger partial charge in [-0.3, -0.25) is 9.78 Å². The summed E-state index contributed by atoms with van der Waals surface area (Å²) in [7, 11) is 0. The molecule has 1 saturated carbocycles. The standard InChI is InChI=1S/C11H13BrN2O2/c12-6-11(2-3-11)7-14-10(16)8-1-4-13-5-9(8)15/h1,4-5,15H,2-3,6-7H2,(H,14,16). The lowest BCUT2D eigenvalue weighted by Crippen LogP contribution is -2.30. The van der Waals surface area contributed by atoms with E-state index in [0.29, 0.717) is 6.54 Å². The minimum atomic E-state index is -0.243. The monoisotopic (exact) mass is 284 g/mol. The molecular formula is C11H13BrN2O2. The highest BCUT2D eigenvalue weighted by molar-refractivity contribution is 9.09. The molecule has 0 unspecified atom stereocenters. The predicted molar refractivity (Wildman–Crippen MR) is 63.7 cm³/mol. The summed E-state index contributed by atoms with van der Waals surface area (Å²) in [5, 5.41) is 13.2. The molecule has 0 bridgehead atoms. The predicted octanol–water partition coefficient (Wildman–Crippen LogP) is 1.69. The van der Waals surface area contributed by atoms with Gasteiger partial charge in [-0.05, 0) is 24.3 Å². The van der Waals surface area contributed by atoms with Crippen molar-refractivity contribution in [3.8, 4) is 5.75 Å². The maximum absolute atomic E-state index is 11.7. The van der Waals surface area contributed by atoms with Gasteiger partial charge >= 0.3 is 0 Å². The lowest BCUT2D eigenvalue weighted by atomic mass is 10.1. The molecule has 1 heterocycles. The van der Waals surface area contributed by atoms with Crippen molar-refractivity contribution in [2.45, 2.75) is 12.8 Å². The smallest absolute Gasteiger partial charge is 0.255 e. The second kappa shape index (κ2) is 4.41. The van der Waals surface area contributed by atoms with Gasteiger partial charge in [0.15, 0.2) is 0 Å². The molecule has 16 heavy (non-hydrogen) atoms. The molecule has 1 aromatic heterocycles. The number of nitrogens with zero attached hydrogens (tertiary/aromatic N) is 1. The summed E-state index contributed by atoms with van der Waals surface area (Å²) in [6.45, 7) is 0.652. The zero-order valence-corrected chi connectivity index (χ0v) is 10.3. The fourth-order valence-electron chi connectivity index (χ4n) is 1.48. The van der Waals surface area contributed by atoms with E-state index in [1.54, 1.807) is 0 Å². The van der Waals surface area contributed by atoms with Gasteiger partial charge in [0, 0.05) is 18.1 Å². The molecule has 5 heteroatoms. The highest BCUT2D eigenvalue weighted by atomic mass is 79.9. The van der Waals surface area contributed by atoms with E-state index in [2.05, 4.69) is 26.2 Å². The molecule has 1 fully saturated rings. The molecule has 86 valence electrons. The summed E-state index contributed by atoms with van der Waals surface area (Å²) in [6.07, 6.45) is 5.04. The van der Waals surface area contributed by atoms with Crippen LogP contribution in [0.15, 0.2) is 18.5 Å². The second-order valence-electron chi connectivity index (χ2n) is 4.21. The minimum Gasteiger partial charge on any atom is -0.505 e. The third kappa shape index (κ3) is 2.35. The van der Waals surface area contributed by atoms with Crippen LogP contribution in [0.4, 0.5) is 0 Å². The average Bonchev–Trinajstić information content (AvgIpc) is 3.07. The van der Waals surface area contributed by atoms with Crippen molar-refractivity contribution in [3.05, 3.63) is 24.0 Å². The van der Waals surface area contributed by atoms with Crippen molar-refractivity contribution >= 4 is 21.8 Å². The number of amides is 1. The van der Waals surface area contributed by atoms with Gasteiger partial charge in [0.05, 0.1) is 11.8 Å². The first kappa shape index (κ1) is 11.4. The van der Waals surface area contributed by atoms with Gasteiger partial charge in [-0.2, -0.15) is 0 Å². The van der Waals surface area contributed by atoms with E-state index in [9.17, 15) is 9.90 Å². The zero-order valence-electron chi connectivity index (χ0n) is 8.74. The van der Waals surface area contributed by atoms with Gasteiger partial charge in [-0.15, -0.1) is 0 Å². The van der Waals surface area contributed by atoms with Crippen LogP contribution in [0.3, 0.4) is 0 Å². The van der Waals surface area contributed by atoms with Gasteiger partial charge < -0.3 is 10.4 Å². The Morgan fingerprint density at radius 1 is 1.62 bits per heavy atom. The third-order valence-electron chi connectivity index (χ3n) is 2.91. The number of hydrogen-bond donors (Lipinski definition) is 2. The number of carbonyl (C=O) groups excluding carboxylic acids is 1. The summed E-state index contributed by atoms with van der Waals surface area (Å²) in [6, 6.07) is 1.51. The molecule has 0 atom stereocenters. The molecule has 0 aromatic carbocycles. The number of halogens is 1. The number of aromatic hydroxyl groups is 1. The number of nitrogens with one attached hydrogen (secondary N) is 1. The Hall–Kier alpha value is -1.10. The summed E-state index contributed by atoms with van der Waals surface area (Å²) < 4.78 is 0. The number of rotatable bonds is 4. The number of hydrogen-bond acceptors (Lipinski definition) is 3. The van der Waals surface area contributed by atoms with E-state index in [-0.39, 0.29) is 22.6 Å². The fraction of sp³-hybridized carbons (Fsp3) is 0.455. The molecular weight excluding hydrogens is 272 g/mol. The molecule has 0 saturated heterocycles. The molecule has 0 radical (unpaired) electrons. The van der Waals surface area contributed by atoms with E-state index in [1.807, 2.05) is 0 Å². The summed E-state index contributed by atoms with van der Waals surface area (Å²) in [5.74, 6) is -0.323. The Kier molecular flexibility index (Phi) is 3.14. The normalized spacial score (nSPS) is 16.8. The number of aromatic nitrogens is 1. The lowest BCUT2D eigenvalue weighted by molar-refractivity contribution is 0.0944. The molecule has 0 aliphatic heterocycles. The SMILES string of the molecule is O=C(NCC1(CBr)CC1)c1ccncc1O. The van der Waals surface area contributed by atoms with Crippen LogP contribution < -0.4 is 5.32 Å². The van der Waals surface area contributed by atoms with Crippen molar-refractivity contribution in [1.82, 2.24) is 10.3 Å². The fourth-order valence-corrected chi connectivity index (χ4v) is 2.23. The molecule has 1 aliphatic rings. The maximum atomic E-state index is 11.7. The molecule has 2 N–H and O–H groups in total. The van der Waals surface area contributed by atoms with E-state index < -0.39 is 0 Å². The van der Waals surface area contributed by atoms with E-state index in [0.717, 1.165) is 18.2 Å². The highest BCUT2D eigenvalue weighted by Gasteiger charge is 2.41. The Morgan fingerprint density at radius 2 is 2.38 bits per heavy atom. The quantitative estimate of drug-likeness (QED) is 0.828. The number of pyridine rings is 1. The summed E-state index contributed by atoms with van der Waals surface area (Å²) in [4.78, 5) is 15.5. The van der Waals surface area contributed by atoms with Crippen LogP contribution in [-0.2, 0) is 0 Å². The molecule has 1 amide bonds. The minimum absolute atomic E-state index is 0.0799. The van der Waals surface area contributed by atoms with Crippen LogP contribution in [0.5, 0.6) is 5.75 Å². The van der Waals surface area contributed by atoms with Crippen molar-refractivity contribution in [3.63, 3.8) is 0 Å². The first-order chi connectivity index (χ1) is 7.67. The Bertz CT molecular complexity index is 405. The summed E-state index contributed by atoms with van der Waals surface area (Å²) >= 11 is 3.44. The van der Waals surface area contributed by atoms with Gasteiger partial charge in [0.25, 0.3) is 5.91 Å². The second-order valence-corrected chi connectivity index (χ2v) is 4.77. The number of carbonyl (C=O) groups is 1. The molecule has 1 aromatic rings. The van der Waals surface area contributed by atoms with Crippen molar-refractivity contribution in [2.24, 2.45) is 5.41 Å². The van der Waals surface area contributed by atoms with Crippen LogP contribution in [0, 0.1) is 5.41 Å². The van der Waals surface area contributed by atoms with E-state index in [4.69, 9.17) is 0 Å². The van der Waals surface area contributed by atoms with Crippen LogP contribution in [0.25, 0.3) is 0 Å². The maximum Gasteiger partial charge on any atom is 0.255 e. The topological polar surface area (TPSA) is 62.2 Å². The van der Waals surface area contributed by atoms with Gasteiger partial charge in [-0.25, -0.2) is 0 Å². The third-order valence-corrected chi connectivity index (χ3v) is 4.10. The van der Waals surface area contributed by atoms with Crippen LogP contribution in [-0.4, -0.2) is 27.9 Å². The van der Waals surface area contributed by atoms with Crippen molar-refractivity contribution < 1.29 is 9.90 Å². The molecule has 2 rings (SSSR count). The average molecular weight is 285 g/mol.